The van der Waals surface area contributed by atoms with Crippen LogP contribution in [0.25, 0.3) is 82.4 Å². The van der Waals surface area contributed by atoms with Gasteiger partial charge in [-0.1, -0.05) is 140 Å². The molecule has 0 bridgehead atoms. The lowest BCUT2D eigenvalue weighted by Gasteiger charge is -2.14. The van der Waals surface area contributed by atoms with Crippen molar-refractivity contribution in [1.29, 1.82) is 0 Å². The van der Waals surface area contributed by atoms with Gasteiger partial charge < -0.3 is 4.18 Å². The molecular weight excluding hydrogens is 727 g/mol. The molecule has 5 heterocycles. The lowest BCUT2D eigenvalue weighted by atomic mass is 9.97. The Morgan fingerprint density at radius 1 is 0.482 bits per heavy atom. The summed E-state index contributed by atoms with van der Waals surface area (Å²) >= 11 is 1.74. The van der Waals surface area contributed by atoms with Crippen LogP contribution in [-0.2, 0) is 0 Å². The molecule has 0 amide bonds. The molecule has 0 radical (unpaired) electrons. The van der Waals surface area contributed by atoms with Crippen LogP contribution in [0, 0.1) is 0 Å². The number of aromatic nitrogens is 5. The fourth-order valence-corrected chi connectivity index (χ4v) is 10.0. The minimum absolute atomic E-state index is 0.607. The quantitative estimate of drug-likeness (QED) is 0.157. The van der Waals surface area contributed by atoms with Gasteiger partial charge in [0, 0.05) is 59.6 Å². The maximum atomic E-state index is 6.68. The molecule has 1 unspecified atom stereocenters. The normalized spacial score (nSPS) is 14.4. The molecular formula is C48H29N5OS2. The van der Waals surface area contributed by atoms with Gasteiger partial charge in [-0.2, -0.15) is 0 Å². The van der Waals surface area contributed by atoms with Crippen LogP contribution >= 0.6 is 22.1 Å². The van der Waals surface area contributed by atoms with Crippen LogP contribution in [0.5, 0.6) is 5.75 Å². The zero-order valence-corrected chi connectivity index (χ0v) is 31.3. The fraction of sp³-hybridized carbons (Fsp3) is 0. The maximum Gasteiger partial charge on any atom is 0.165 e. The molecule has 6 nitrogen and oxygen atoms in total. The summed E-state index contributed by atoms with van der Waals surface area (Å²) in [5.41, 5.74) is 9.91. The number of thiophene rings is 1. The lowest BCUT2D eigenvalue weighted by Crippen LogP contribution is -2.10. The number of benzene rings is 6. The number of allylic oxidation sites excluding steroid dienone is 3. The Balaban J connectivity index is 0.975. The largest absolute Gasteiger partial charge is 0.429 e. The summed E-state index contributed by atoms with van der Waals surface area (Å²) in [5, 5.41) is 3.26. The van der Waals surface area contributed by atoms with E-state index in [-0.39, 0.29) is 0 Å². The smallest absolute Gasteiger partial charge is 0.165 e. The van der Waals surface area contributed by atoms with E-state index in [9.17, 15) is 0 Å². The van der Waals surface area contributed by atoms with Crippen LogP contribution in [0.1, 0.15) is 11.4 Å². The molecule has 8 heteroatoms. The molecule has 11 rings (SSSR count). The molecule has 56 heavy (non-hydrogen) atoms. The van der Waals surface area contributed by atoms with Crippen LogP contribution < -0.4 is 4.18 Å². The first kappa shape index (κ1) is 32.6. The third-order valence-electron chi connectivity index (χ3n) is 9.98. The molecule has 0 saturated heterocycles. The van der Waals surface area contributed by atoms with Crippen molar-refractivity contribution in [2.75, 3.05) is 0 Å². The number of rotatable bonds is 6. The van der Waals surface area contributed by atoms with Gasteiger partial charge in [-0.25, -0.2) is 24.9 Å². The predicted octanol–water partition coefficient (Wildman–Crippen LogP) is 12.1. The highest BCUT2D eigenvalue weighted by Crippen LogP contribution is 2.46. The van der Waals surface area contributed by atoms with Crippen molar-refractivity contribution in [2.24, 2.45) is 0 Å². The summed E-state index contributed by atoms with van der Waals surface area (Å²) < 4.78 is 8.98. The molecule has 0 fully saturated rings. The van der Waals surface area contributed by atoms with Crippen LogP contribution in [0.15, 0.2) is 175 Å². The maximum absolute atomic E-state index is 6.68. The monoisotopic (exact) mass is 755 g/mol. The molecule has 0 N–H and O–H groups in total. The minimum Gasteiger partial charge on any atom is -0.429 e. The average Bonchev–Trinajstić information content (AvgIpc) is 3.85. The Morgan fingerprint density at radius 3 is 1.84 bits per heavy atom. The number of hydrogen-bond donors (Lipinski definition) is 0. The van der Waals surface area contributed by atoms with Crippen molar-refractivity contribution in [3.8, 4) is 62.3 Å². The molecule has 9 aromatic rings. The van der Waals surface area contributed by atoms with Gasteiger partial charge in [0.05, 0.1) is 20.8 Å². The van der Waals surface area contributed by atoms with Gasteiger partial charge in [0.2, 0.25) is 0 Å². The fourth-order valence-electron chi connectivity index (χ4n) is 7.29. The lowest BCUT2D eigenvalue weighted by molar-refractivity contribution is 0.654. The second-order valence-electron chi connectivity index (χ2n) is 13.5. The topological polar surface area (TPSA) is 73.7 Å². The van der Waals surface area contributed by atoms with Gasteiger partial charge >= 0.3 is 0 Å². The highest BCUT2D eigenvalue weighted by atomic mass is 32.2. The third-order valence-corrected chi connectivity index (χ3v) is 12.8. The summed E-state index contributed by atoms with van der Waals surface area (Å²) in [6.07, 6.45) is 4.13. The highest BCUT2D eigenvalue weighted by molar-refractivity contribution is 8.16. The van der Waals surface area contributed by atoms with Crippen molar-refractivity contribution in [3.63, 3.8) is 0 Å². The third kappa shape index (κ3) is 5.66. The van der Waals surface area contributed by atoms with E-state index in [1.54, 1.807) is 11.3 Å². The molecule has 2 aliphatic heterocycles. The Morgan fingerprint density at radius 2 is 1.09 bits per heavy atom. The first-order valence-electron chi connectivity index (χ1n) is 18.3. The van der Waals surface area contributed by atoms with E-state index < -0.39 is 10.8 Å². The first-order chi connectivity index (χ1) is 27.7. The Labute approximate surface area is 329 Å². The first-order valence-corrected chi connectivity index (χ1v) is 20.3. The van der Waals surface area contributed by atoms with E-state index >= 15 is 0 Å². The Hall–Kier alpha value is -6.87. The number of fused-ring (bicyclic) bond motifs is 5. The highest BCUT2D eigenvalue weighted by Gasteiger charge is 2.30. The second kappa shape index (κ2) is 13.5. The zero-order chi connectivity index (χ0) is 37.0. The van der Waals surface area contributed by atoms with Gasteiger partial charge in [-0.05, 0) is 41.5 Å². The Bertz CT molecular complexity index is 3040. The molecule has 0 saturated carbocycles. The SMILES string of the molecule is C1=CS2=C(C(c3nc(-c4ccccc4)nc(-c4ccccc4)n3)=C1)c1ccc(-c3cccc(-c4nc(-c5ccccc5)c5sc6ccccc6c5n4)c3)cc1O2. The van der Waals surface area contributed by atoms with E-state index in [0.29, 0.717) is 23.3 Å². The molecule has 2 aliphatic rings. The number of hydrogen-bond acceptors (Lipinski definition) is 7. The van der Waals surface area contributed by atoms with Gasteiger partial charge in [0.15, 0.2) is 23.3 Å². The summed E-state index contributed by atoms with van der Waals surface area (Å²) in [4.78, 5) is 26.5. The van der Waals surface area contributed by atoms with Crippen LogP contribution in [0.4, 0.5) is 0 Å². The van der Waals surface area contributed by atoms with Crippen LogP contribution in [0.3, 0.4) is 0 Å². The molecule has 0 aliphatic carbocycles. The van der Waals surface area contributed by atoms with Crippen molar-refractivity contribution in [1.82, 2.24) is 24.9 Å². The van der Waals surface area contributed by atoms with Crippen molar-refractivity contribution in [2.45, 2.75) is 0 Å². The van der Waals surface area contributed by atoms with Gasteiger partial charge in [0.1, 0.15) is 5.75 Å². The van der Waals surface area contributed by atoms with Crippen LogP contribution in [-0.4, -0.2) is 29.8 Å². The van der Waals surface area contributed by atoms with Crippen molar-refractivity contribution >= 4 is 52.8 Å². The summed E-state index contributed by atoms with van der Waals surface area (Å²) in [6, 6.07) is 53.9. The van der Waals surface area contributed by atoms with Gasteiger partial charge in [-0.15, -0.1) is 11.3 Å². The average molecular weight is 756 g/mol. The van der Waals surface area contributed by atoms with E-state index in [0.717, 1.165) is 76.4 Å². The summed E-state index contributed by atoms with van der Waals surface area (Å²) in [7, 11) is -0.607. The summed E-state index contributed by atoms with van der Waals surface area (Å²) in [6.45, 7) is 0. The second-order valence-corrected chi connectivity index (χ2v) is 16.0. The van der Waals surface area contributed by atoms with Crippen LogP contribution in [0.2, 0.25) is 0 Å². The van der Waals surface area contributed by atoms with Crippen molar-refractivity contribution in [3.05, 3.63) is 187 Å². The minimum atomic E-state index is -0.607. The summed E-state index contributed by atoms with van der Waals surface area (Å²) in [5.74, 6) is 3.41. The molecule has 1 atom stereocenters. The van der Waals surface area contributed by atoms with Gasteiger partial charge in [-0.3, -0.25) is 0 Å². The predicted molar refractivity (Wildman–Crippen MR) is 231 cm³/mol. The molecule has 3 aromatic heterocycles. The zero-order valence-electron chi connectivity index (χ0n) is 29.7. The van der Waals surface area contributed by atoms with E-state index in [2.05, 4.69) is 102 Å². The standard InChI is InChI=1S/C48H29N5OS2/c1-4-14-30(15-5-1)41-43-42(37-22-10-11-24-40(37)55-43)50-47(49-41)35-21-12-20-33(28-35)34-25-26-36-39(29-34)54-56-27-13-23-38(44(36)56)48-52-45(31-16-6-2-7-17-31)51-46(53-48)32-18-8-3-9-19-32/h1-29H. The van der Waals surface area contributed by atoms with Crippen molar-refractivity contribution < 1.29 is 4.18 Å². The molecule has 264 valence electrons. The van der Waals surface area contributed by atoms with Gasteiger partial charge in [0.25, 0.3) is 0 Å². The molecule has 0 spiro atoms. The Kier molecular flexibility index (Phi) is 7.82. The molecule has 6 aromatic carbocycles. The van der Waals surface area contributed by atoms with E-state index in [1.807, 2.05) is 72.8 Å². The van der Waals surface area contributed by atoms with E-state index in [1.165, 1.54) is 4.70 Å². The number of nitrogens with zero attached hydrogens (tertiary/aromatic N) is 5. The van der Waals surface area contributed by atoms with E-state index in [4.69, 9.17) is 29.1 Å².